The summed E-state index contributed by atoms with van der Waals surface area (Å²) in [4.78, 5) is 39.7. The minimum atomic E-state index is -0.613. The van der Waals surface area contributed by atoms with E-state index < -0.39 is 11.6 Å². The lowest BCUT2D eigenvalue weighted by Crippen LogP contribution is -2.35. The number of nitrogens with one attached hydrogen (secondary N) is 1. The lowest BCUT2D eigenvalue weighted by Gasteiger charge is -2.23. The number of carbonyl (C=O) groups excluding carboxylic acids is 2. The normalized spacial score (nSPS) is 16.8. The maximum absolute atomic E-state index is 12.9. The van der Waals surface area contributed by atoms with Crippen LogP contribution in [-0.4, -0.2) is 63.1 Å². The number of nitrogens with zero attached hydrogens (tertiary/aromatic N) is 4. The second kappa shape index (κ2) is 8.99. The molecule has 1 N–H and O–H groups in total. The number of halogens is 1. The molecule has 0 spiro atoms. The summed E-state index contributed by atoms with van der Waals surface area (Å²) in [6.07, 6.45) is 4.93. The molecule has 2 aromatic heterocycles. The van der Waals surface area contributed by atoms with Gasteiger partial charge in [0.25, 0.3) is 5.91 Å². The van der Waals surface area contributed by atoms with Crippen LogP contribution < -0.4 is 5.32 Å². The van der Waals surface area contributed by atoms with Gasteiger partial charge in [0.1, 0.15) is 12.1 Å². The molecule has 170 valence electrons. The van der Waals surface area contributed by atoms with Gasteiger partial charge in [0.05, 0.1) is 34.7 Å². The summed E-state index contributed by atoms with van der Waals surface area (Å²) >= 11 is 6.36. The maximum atomic E-state index is 12.9. The van der Waals surface area contributed by atoms with Crippen molar-refractivity contribution in [3.8, 4) is 11.3 Å². The number of aromatic nitrogens is 3. The van der Waals surface area contributed by atoms with Gasteiger partial charge in [-0.3, -0.25) is 14.6 Å². The standard InChI is InChI=1S/C22H26ClN5O4/c1-22(2,3)32-18(29)12-28-11-17-15(20(28)30)8-13(9-24-17)19-16(23)10-25-21(27-19)26-14-4-6-31-7-5-14/h8-10,14H,4-7,11-12H2,1-3H3,(H,25,26,27). The van der Waals surface area contributed by atoms with E-state index in [0.29, 0.717) is 46.7 Å². The molecule has 0 aromatic carbocycles. The molecule has 2 aliphatic rings. The van der Waals surface area contributed by atoms with Crippen molar-refractivity contribution in [2.75, 3.05) is 25.1 Å². The third-order valence-electron chi connectivity index (χ3n) is 5.14. The first-order valence-corrected chi connectivity index (χ1v) is 10.9. The van der Waals surface area contributed by atoms with Crippen molar-refractivity contribution < 1.29 is 19.1 Å². The maximum Gasteiger partial charge on any atom is 0.326 e. The van der Waals surface area contributed by atoms with Crippen LogP contribution in [0.4, 0.5) is 5.95 Å². The highest BCUT2D eigenvalue weighted by atomic mass is 35.5. The van der Waals surface area contributed by atoms with E-state index in [1.54, 1.807) is 33.0 Å². The van der Waals surface area contributed by atoms with Gasteiger partial charge in [-0.25, -0.2) is 9.97 Å². The predicted molar refractivity (Wildman–Crippen MR) is 118 cm³/mol. The van der Waals surface area contributed by atoms with Gasteiger partial charge in [-0.1, -0.05) is 11.6 Å². The van der Waals surface area contributed by atoms with E-state index in [1.807, 2.05) is 0 Å². The zero-order chi connectivity index (χ0) is 22.9. The van der Waals surface area contributed by atoms with Crippen molar-refractivity contribution in [1.29, 1.82) is 0 Å². The number of hydrogen-bond donors (Lipinski definition) is 1. The van der Waals surface area contributed by atoms with Gasteiger partial charge in [-0.2, -0.15) is 0 Å². The molecular formula is C22H26ClN5O4. The zero-order valence-corrected chi connectivity index (χ0v) is 19.1. The molecule has 2 aromatic rings. The first-order chi connectivity index (χ1) is 15.2. The van der Waals surface area contributed by atoms with Crippen molar-refractivity contribution in [3.05, 3.63) is 34.7 Å². The van der Waals surface area contributed by atoms with E-state index in [-0.39, 0.29) is 25.0 Å². The van der Waals surface area contributed by atoms with Crippen molar-refractivity contribution in [1.82, 2.24) is 19.9 Å². The first-order valence-electron chi connectivity index (χ1n) is 10.6. The lowest BCUT2D eigenvalue weighted by molar-refractivity contribution is -0.155. The number of hydrogen-bond acceptors (Lipinski definition) is 8. The van der Waals surface area contributed by atoms with Gasteiger partial charge in [-0.15, -0.1) is 0 Å². The Kier molecular flexibility index (Phi) is 6.30. The van der Waals surface area contributed by atoms with Crippen molar-refractivity contribution in [3.63, 3.8) is 0 Å². The Balaban J connectivity index is 1.52. The fraction of sp³-hybridized carbons (Fsp3) is 0.500. The van der Waals surface area contributed by atoms with Crippen LogP contribution >= 0.6 is 11.6 Å². The number of ether oxygens (including phenoxy) is 2. The molecule has 4 heterocycles. The molecule has 0 bridgehead atoms. The summed E-state index contributed by atoms with van der Waals surface area (Å²) in [6.45, 7) is 6.89. The molecule has 0 atom stereocenters. The second-order valence-corrected chi connectivity index (χ2v) is 9.29. The highest BCUT2D eigenvalue weighted by Gasteiger charge is 2.32. The highest BCUT2D eigenvalue weighted by molar-refractivity contribution is 6.32. The number of fused-ring (bicyclic) bond motifs is 1. The topological polar surface area (TPSA) is 107 Å². The van der Waals surface area contributed by atoms with Crippen LogP contribution in [0.3, 0.4) is 0 Å². The molecule has 0 radical (unpaired) electrons. The highest BCUT2D eigenvalue weighted by Crippen LogP contribution is 2.30. The molecule has 1 amide bonds. The molecule has 1 saturated heterocycles. The van der Waals surface area contributed by atoms with Crippen LogP contribution in [0.1, 0.15) is 49.7 Å². The van der Waals surface area contributed by atoms with E-state index >= 15 is 0 Å². The van der Waals surface area contributed by atoms with Gasteiger partial charge in [0.2, 0.25) is 5.95 Å². The van der Waals surface area contributed by atoms with Crippen LogP contribution in [0.15, 0.2) is 18.5 Å². The number of pyridine rings is 1. The quantitative estimate of drug-likeness (QED) is 0.680. The third-order valence-corrected chi connectivity index (χ3v) is 5.42. The molecule has 0 saturated carbocycles. The summed E-state index contributed by atoms with van der Waals surface area (Å²) in [6, 6.07) is 1.95. The Bertz CT molecular complexity index is 1030. The van der Waals surface area contributed by atoms with Gasteiger partial charge >= 0.3 is 5.97 Å². The molecule has 2 aliphatic heterocycles. The Morgan fingerprint density at radius 1 is 1.28 bits per heavy atom. The number of amides is 1. The van der Waals surface area contributed by atoms with E-state index in [9.17, 15) is 9.59 Å². The van der Waals surface area contributed by atoms with E-state index in [1.165, 1.54) is 11.1 Å². The van der Waals surface area contributed by atoms with Gasteiger partial charge < -0.3 is 19.7 Å². The van der Waals surface area contributed by atoms with Crippen molar-refractivity contribution >= 4 is 29.4 Å². The Morgan fingerprint density at radius 2 is 2.03 bits per heavy atom. The number of carbonyl (C=O) groups is 2. The average molecular weight is 460 g/mol. The molecule has 1 fully saturated rings. The summed E-state index contributed by atoms with van der Waals surface area (Å²) in [5.74, 6) is -0.262. The monoisotopic (exact) mass is 459 g/mol. The van der Waals surface area contributed by atoms with E-state index in [2.05, 4.69) is 20.3 Å². The molecule has 4 rings (SSSR count). The summed E-state index contributed by atoms with van der Waals surface area (Å²) in [7, 11) is 0. The molecule has 0 aliphatic carbocycles. The first kappa shape index (κ1) is 22.4. The Labute approximate surface area is 191 Å². The Hall–Kier alpha value is -2.78. The number of anilines is 1. The Morgan fingerprint density at radius 3 is 2.75 bits per heavy atom. The molecule has 9 nitrogen and oxygen atoms in total. The molecule has 32 heavy (non-hydrogen) atoms. The average Bonchev–Trinajstić information content (AvgIpc) is 3.03. The smallest absolute Gasteiger partial charge is 0.326 e. The SMILES string of the molecule is CC(C)(C)OC(=O)CN1Cc2ncc(-c3nc(NC4CCOCC4)ncc3Cl)cc2C1=O. The third kappa shape index (κ3) is 5.16. The lowest BCUT2D eigenvalue weighted by atomic mass is 10.1. The summed E-state index contributed by atoms with van der Waals surface area (Å²) < 4.78 is 10.7. The van der Waals surface area contributed by atoms with Crippen LogP contribution in [0.25, 0.3) is 11.3 Å². The fourth-order valence-electron chi connectivity index (χ4n) is 3.68. The van der Waals surface area contributed by atoms with Gasteiger partial charge in [0, 0.05) is 31.0 Å². The predicted octanol–water partition coefficient (Wildman–Crippen LogP) is 3.08. The number of esters is 1. The van der Waals surface area contributed by atoms with Crippen molar-refractivity contribution in [2.45, 2.75) is 51.8 Å². The fourth-order valence-corrected chi connectivity index (χ4v) is 3.88. The molecule has 10 heteroatoms. The zero-order valence-electron chi connectivity index (χ0n) is 18.4. The van der Waals surface area contributed by atoms with Gasteiger partial charge in [0.15, 0.2) is 0 Å². The van der Waals surface area contributed by atoms with E-state index in [4.69, 9.17) is 21.1 Å². The summed E-state index contributed by atoms with van der Waals surface area (Å²) in [5, 5.41) is 3.68. The minimum absolute atomic E-state index is 0.130. The van der Waals surface area contributed by atoms with E-state index in [0.717, 1.165) is 12.8 Å². The largest absolute Gasteiger partial charge is 0.459 e. The van der Waals surface area contributed by atoms with Crippen LogP contribution in [0.2, 0.25) is 5.02 Å². The van der Waals surface area contributed by atoms with Crippen LogP contribution in [0, 0.1) is 0 Å². The van der Waals surface area contributed by atoms with Crippen LogP contribution in [-0.2, 0) is 20.8 Å². The molecule has 0 unspecified atom stereocenters. The number of rotatable bonds is 5. The minimum Gasteiger partial charge on any atom is -0.459 e. The molecular weight excluding hydrogens is 434 g/mol. The van der Waals surface area contributed by atoms with Crippen molar-refractivity contribution in [2.24, 2.45) is 0 Å². The summed E-state index contributed by atoms with van der Waals surface area (Å²) in [5.41, 5.74) is 1.52. The van der Waals surface area contributed by atoms with Gasteiger partial charge in [-0.05, 0) is 39.7 Å². The van der Waals surface area contributed by atoms with Crippen LogP contribution in [0.5, 0.6) is 0 Å². The second-order valence-electron chi connectivity index (χ2n) is 8.89.